The molecule has 0 radical (unpaired) electrons. The molecule has 0 saturated carbocycles. The molecule has 170 valence electrons. The molecule has 2 aromatic heterocycles. The number of hydrogen-bond acceptors (Lipinski definition) is 4. The Balaban J connectivity index is 1.75. The number of benzene rings is 2. The molecule has 0 saturated heterocycles. The van der Waals surface area contributed by atoms with Crippen LogP contribution in [-0.2, 0) is 4.79 Å². The normalized spacial score (nSPS) is 11.5. The van der Waals surface area contributed by atoms with Crippen molar-refractivity contribution in [3.05, 3.63) is 98.4 Å². The van der Waals surface area contributed by atoms with Crippen LogP contribution in [0.15, 0.2) is 58.9 Å². The molecule has 0 atom stereocenters. The lowest BCUT2D eigenvalue weighted by atomic mass is 10.1. The van der Waals surface area contributed by atoms with Crippen LogP contribution in [0.25, 0.3) is 17.0 Å². The Morgan fingerprint density at radius 3 is 2.44 bits per heavy atom. The van der Waals surface area contributed by atoms with E-state index in [0.717, 1.165) is 16.8 Å². The summed E-state index contributed by atoms with van der Waals surface area (Å²) in [5, 5.41) is 13.0. The fraction of sp³-hybridized carbons (Fsp3) is 0.185. The van der Waals surface area contributed by atoms with Gasteiger partial charge >= 0.3 is 0 Å². The fourth-order valence-electron chi connectivity index (χ4n) is 4.02. The molecule has 0 aliphatic carbocycles. The number of carbonyl (C=O) groups excluding carboxylic acids is 1. The lowest BCUT2D eigenvalue weighted by molar-refractivity contribution is -0.112. The summed E-state index contributed by atoms with van der Waals surface area (Å²) in [6.45, 7) is 9.45. The lowest BCUT2D eigenvalue weighted by Gasteiger charge is -2.16. The molecule has 1 N–H and O–H groups in total. The van der Waals surface area contributed by atoms with Crippen molar-refractivity contribution in [2.45, 2.75) is 34.6 Å². The molecule has 0 spiro atoms. The first kappa shape index (κ1) is 22.7. The van der Waals surface area contributed by atoms with Gasteiger partial charge in [0.05, 0.1) is 10.9 Å². The number of nitrogens with one attached hydrogen (secondary N) is 1. The number of carbonyl (C=O) groups is 1. The topological polar surface area (TPSA) is 92.7 Å². The van der Waals surface area contributed by atoms with Crippen LogP contribution in [0.1, 0.15) is 33.9 Å². The third kappa shape index (κ3) is 4.02. The van der Waals surface area contributed by atoms with Crippen LogP contribution in [0.4, 0.5) is 5.69 Å². The molecule has 0 unspecified atom stereocenters. The van der Waals surface area contributed by atoms with Crippen LogP contribution in [-0.4, -0.2) is 20.2 Å². The number of amides is 1. The Labute approximate surface area is 197 Å². The smallest absolute Gasteiger partial charge is 0.280 e. The Morgan fingerprint density at radius 1 is 1.00 bits per heavy atom. The highest BCUT2D eigenvalue weighted by molar-refractivity contribution is 6.09. The van der Waals surface area contributed by atoms with E-state index < -0.39 is 5.91 Å². The summed E-state index contributed by atoms with van der Waals surface area (Å²) in [4.78, 5) is 30.7. The van der Waals surface area contributed by atoms with Crippen LogP contribution in [0.3, 0.4) is 0 Å². The monoisotopic (exact) mass is 451 g/mol. The van der Waals surface area contributed by atoms with Gasteiger partial charge in [-0.2, -0.15) is 9.94 Å². The minimum Gasteiger partial charge on any atom is -0.321 e. The largest absolute Gasteiger partial charge is 0.321 e. The average Bonchev–Trinajstić information content (AvgIpc) is 3.07. The van der Waals surface area contributed by atoms with Crippen LogP contribution in [0, 0.1) is 45.9 Å². The zero-order valence-corrected chi connectivity index (χ0v) is 19.8. The van der Waals surface area contributed by atoms with E-state index in [4.69, 9.17) is 0 Å². The summed E-state index contributed by atoms with van der Waals surface area (Å²) in [5.41, 5.74) is 5.38. The van der Waals surface area contributed by atoms with Gasteiger partial charge in [0, 0.05) is 17.1 Å². The third-order valence-corrected chi connectivity index (χ3v) is 5.98. The molecule has 0 aliphatic rings. The number of para-hydroxylation sites is 1. The quantitative estimate of drug-likeness (QED) is 0.363. The summed E-state index contributed by atoms with van der Waals surface area (Å²) in [6, 6.07) is 16.7. The molecule has 4 aromatic rings. The second-order valence-electron chi connectivity index (χ2n) is 8.35. The van der Waals surface area contributed by atoms with Crippen LogP contribution in [0.2, 0.25) is 0 Å². The third-order valence-electron chi connectivity index (χ3n) is 5.98. The van der Waals surface area contributed by atoms with E-state index in [2.05, 4.69) is 10.3 Å². The molecule has 0 bridgehead atoms. The molecular formula is C27H25N5O2. The summed E-state index contributed by atoms with van der Waals surface area (Å²) < 4.78 is 3.28. The van der Waals surface area contributed by atoms with Crippen molar-refractivity contribution in [2.75, 3.05) is 5.32 Å². The number of aromatic nitrogens is 3. The highest BCUT2D eigenvalue weighted by Gasteiger charge is 2.17. The number of anilines is 1. The SMILES string of the molecule is Cc1ccc(NC(=O)C(C#N)=Cc2cc(C)n(-n3c(C)nc4ccccc4c3=O)c2C)cc1C. The van der Waals surface area contributed by atoms with E-state index in [1.54, 1.807) is 23.7 Å². The van der Waals surface area contributed by atoms with Gasteiger partial charge in [-0.1, -0.05) is 18.2 Å². The predicted molar refractivity (Wildman–Crippen MR) is 134 cm³/mol. The number of nitrogens with zero attached hydrogens (tertiary/aromatic N) is 4. The Kier molecular flexibility index (Phi) is 5.91. The van der Waals surface area contributed by atoms with Gasteiger partial charge in [0.1, 0.15) is 17.5 Å². The molecule has 7 nitrogen and oxygen atoms in total. The van der Waals surface area contributed by atoms with E-state index in [-0.39, 0.29) is 11.1 Å². The van der Waals surface area contributed by atoms with E-state index >= 15 is 0 Å². The van der Waals surface area contributed by atoms with Gasteiger partial charge in [-0.15, -0.1) is 0 Å². The van der Waals surface area contributed by atoms with Gasteiger partial charge in [0.25, 0.3) is 11.5 Å². The first-order chi connectivity index (χ1) is 16.2. The van der Waals surface area contributed by atoms with E-state index in [1.165, 1.54) is 4.68 Å². The van der Waals surface area contributed by atoms with E-state index in [0.29, 0.717) is 33.7 Å². The van der Waals surface area contributed by atoms with Crippen molar-refractivity contribution < 1.29 is 4.79 Å². The number of aryl methyl sites for hydroxylation is 4. The van der Waals surface area contributed by atoms with Gasteiger partial charge in [0.2, 0.25) is 0 Å². The van der Waals surface area contributed by atoms with E-state index in [9.17, 15) is 14.9 Å². The molecular weight excluding hydrogens is 426 g/mol. The maximum atomic E-state index is 13.3. The maximum absolute atomic E-state index is 13.3. The first-order valence-electron chi connectivity index (χ1n) is 10.9. The molecule has 1 amide bonds. The first-order valence-corrected chi connectivity index (χ1v) is 10.9. The Morgan fingerprint density at radius 2 is 1.74 bits per heavy atom. The van der Waals surface area contributed by atoms with Gasteiger partial charge in [-0.05, 0) is 87.7 Å². The summed E-state index contributed by atoms with van der Waals surface area (Å²) >= 11 is 0. The van der Waals surface area contributed by atoms with Crippen molar-refractivity contribution in [3.8, 4) is 6.07 Å². The molecule has 0 fully saturated rings. The summed E-state index contributed by atoms with van der Waals surface area (Å²) in [7, 11) is 0. The van der Waals surface area contributed by atoms with Gasteiger partial charge in [0.15, 0.2) is 0 Å². The van der Waals surface area contributed by atoms with Crippen LogP contribution in [0.5, 0.6) is 0 Å². The zero-order chi connectivity index (χ0) is 24.6. The number of hydrogen-bond donors (Lipinski definition) is 1. The van der Waals surface area contributed by atoms with Crippen molar-refractivity contribution in [3.63, 3.8) is 0 Å². The summed E-state index contributed by atoms with van der Waals surface area (Å²) in [6.07, 6.45) is 1.55. The highest BCUT2D eigenvalue weighted by Crippen LogP contribution is 2.21. The lowest BCUT2D eigenvalue weighted by Crippen LogP contribution is -2.30. The van der Waals surface area contributed by atoms with Crippen LogP contribution >= 0.6 is 0 Å². The molecule has 7 heteroatoms. The number of fused-ring (bicyclic) bond motifs is 1. The number of rotatable bonds is 4. The van der Waals surface area contributed by atoms with Crippen molar-refractivity contribution in [1.29, 1.82) is 5.26 Å². The van der Waals surface area contributed by atoms with Crippen molar-refractivity contribution in [1.82, 2.24) is 14.3 Å². The van der Waals surface area contributed by atoms with Gasteiger partial charge in [-0.25, -0.2) is 4.98 Å². The average molecular weight is 452 g/mol. The van der Waals surface area contributed by atoms with Gasteiger partial charge in [-0.3, -0.25) is 14.3 Å². The summed E-state index contributed by atoms with van der Waals surface area (Å²) in [5.74, 6) is 0.0466. The van der Waals surface area contributed by atoms with Crippen LogP contribution < -0.4 is 10.9 Å². The molecule has 4 rings (SSSR count). The second kappa shape index (κ2) is 8.83. The molecule has 0 aliphatic heterocycles. The Bertz CT molecular complexity index is 1580. The standard InChI is InChI=1S/C27H25N5O2/c1-16-10-11-23(12-17(16)2)30-26(33)22(15-28)14-21-13-18(3)31(19(21)4)32-20(5)29-25-9-7-6-8-24(25)27(32)34/h6-14H,1-5H3,(H,30,33). The molecule has 34 heavy (non-hydrogen) atoms. The van der Waals surface area contributed by atoms with Crippen molar-refractivity contribution >= 4 is 28.6 Å². The van der Waals surface area contributed by atoms with E-state index in [1.807, 2.05) is 76.2 Å². The highest BCUT2D eigenvalue weighted by atomic mass is 16.2. The maximum Gasteiger partial charge on any atom is 0.280 e. The van der Waals surface area contributed by atoms with Gasteiger partial charge < -0.3 is 5.32 Å². The number of nitriles is 1. The predicted octanol–water partition coefficient (Wildman–Crippen LogP) is 4.60. The Hall–Kier alpha value is -4.44. The van der Waals surface area contributed by atoms with Crippen molar-refractivity contribution in [2.24, 2.45) is 0 Å². The molecule has 2 aromatic carbocycles. The molecule has 2 heterocycles. The minimum atomic E-state index is -0.490. The fourth-order valence-corrected chi connectivity index (χ4v) is 4.02. The minimum absolute atomic E-state index is 0.0285. The second-order valence-corrected chi connectivity index (χ2v) is 8.35. The zero-order valence-electron chi connectivity index (χ0n) is 19.8.